The lowest BCUT2D eigenvalue weighted by molar-refractivity contribution is -0.141. The first-order valence-corrected chi connectivity index (χ1v) is 5.19. The average molecular weight is 269 g/mol. The quantitative estimate of drug-likeness (QED) is 0.840. The smallest absolute Gasteiger partial charge is 0.266 e. The van der Waals surface area contributed by atoms with E-state index in [4.69, 9.17) is 11.6 Å². The van der Waals surface area contributed by atoms with Crippen LogP contribution in [-0.4, -0.2) is 19.4 Å². The van der Waals surface area contributed by atoms with E-state index in [1.54, 1.807) is 0 Å². The summed E-state index contributed by atoms with van der Waals surface area (Å²) in [6.45, 7) is 0.0748. The number of halogens is 4. The van der Waals surface area contributed by atoms with Crippen LogP contribution in [0.15, 0.2) is 12.3 Å². The van der Waals surface area contributed by atoms with Crippen molar-refractivity contribution in [2.75, 3.05) is 0 Å². The van der Waals surface area contributed by atoms with E-state index in [0.29, 0.717) is 10.0 Å². The highest BCUT2D eigenvalue weighted by atomic mass is 35.5. The van der Waals surface area contributed by atoms with E-state index in [1.165, 1.54) is 6.20 Å². The molecule has 0 radical (unpaired) electrons. The first-order valence-electron chi connectivity index (χ1n) is 4.04. The van der Waals surface area contributed by atoms with Crippen LogP contribution >= 0.6 is 23.1 Å². The summed E-state index contributed by atoms with van der Waals surface area (Å²) < 4.78 is 41.7. The molecule has 0 unspecified atom stereocenters. The van der Waals surface area contributed by atoms with Gasteiger partial charge in [0.15, 0.2) is 5.69 Å². The first-order chi connectivity index (χ1) is 7.47. The van der Waals surface area contributed by atoms with E-state index in [0.717, 1.165) is 22.3 Å². The SMILES string of the molecule is FC(F)(F)c1ccn(Cc2nnsc2Cl)n1. The maximum Gasteiger partial charge on any atom is 0.435 e. The molecule has 16 heavy (non-hydrogen) atoms. The summed E-state index contributed by atoms with van der Waals surface area (Å²) in [7, 11) is 0. The van der Waals surface area contributed by atoms with Gasteiger partial charge in [-0.3, -0.25) is 4.68 Å². The summed E-state index contributed by atoms with van der Waals surface area (Å²) in [6, 6.07) is 0.897. The fraction of sp³-hybridized carbons (Fsp3) is 0.286. The van der Waals surface area contributed by atoms with Gasteiger partial charge in [-0.25, -0.2) is 0 Å². The van der Waals surface area contributed by atoms with Crippen LogP contribution in [0.1, 0.15) is 11.4 Å². The predicted octanol–water partition coefficient (Wildman–Crippen LogP) is 2.46. The minimum Gasteiger partial charge on any atom is -0.266 e. The summed E-state index contributed by atoms with van der Waals surface area (Å²) in [5, 5.41) is 7.04. The summed E-state index contributed by atoms with van der Waals surface area (Å²) in [6.07, 6.45) is -3.21. The van der Waals surface area contributed by atoms with E-state index in [9.17, 15) is 13.2 Å². The van der Waals surface area contributed by atoms with Crippen molar-refractivity contribution in [2.24, 2.45) is 0 Å². The van der Waals surface area contributed by atoms with Gasteiger partial charge in [0.1, 0.15) is 10.0 Å². The Bertz CT molecular complexity index is 492. The Balaban J connectivity index is 2.18. The molecular formula is C7H4ClF3N4S. The molecule has 9 heteroatoms. The minimum atomic E-state index is -4.44. The van der Waals surface area contributed by atoms with Crippen LogP contribution in [0.5, 0.6) is 0 Å². The average Bonchev–Trinajstić information content (AvgIpc) is 2.76. The Kier molecular flexibility index (Phi) is 2.85. The van der Waals surface area contributed by atoms with Gasteiger partial charge in [-0.15, -0.1) is 5.10 Å². The van der Waals surface area contributed by atoms with Crippen LogP contribution < -0.4 is 0 Å². The number of aromatic nitrogens is 4. The third-order valence-electron chi connectivity index (χ3n) is 1.75. The van der Waals surface area contributed by atoms with Crippen LogP contribution in [0, 0.1) is 0 Å². The monoisotopic (exact) mass is 268 g/mol. The molecule has 2 rings (SSSR count). The van der Waals surface area contributed by atoms with Gasteiger partial charge < -0.3 is 0 Å². The molecule has 0 amide bonds. The molecule has 0 spiro atoms. The second-order valence-electron chi connectivity index (χ2n) is 2.89. The number of nitrogens with zero attached hydrogens (tertiary/aromatic N) is 4. The lowest BCUT2D eigenvalue weighted by Crippen LogP contribution is -2.08. The van der Waals surface area contributed by atoms with Gasteiger partial charge in [0.2, 0.25) is 0 Å². The lowest BCUT2D eigenvalue weighted by atomic mass is 10.4. The van der Waals surface area contributed by atoms with Crippen molar-refractivity contribution >= 4 is 23.1 Å². The third kappa shape index (κ3) is 2.33. The normalized spacial score (nSPS) is 12.0. The fourth-order valence-electron chi connectivity index (χ4n) is 1.05. The van der Waals surface area contributed by atoms with Crippen molar-refractivity contribution < 1.29 is 13.2 Å². The summed E-state index contributed by atoms with van der Waals surface area (Å²) in [5.41, 5.74) is -0.532. The van der Waals surface area contributed by atoms with Gasteiger partial charge in [-0.1, -0.05) is 16.1 Å². The highest BCUT2D eigenvalue weighted by molar-refractivity contribution is 7.10. The van der Waals surface area contributed by atoms with Gasteiger partial charge in [0, 0.05) is 17.7 Å². The van der Waals surface area contributed by atoms with Crippen LogP contribution in [0.25, 0.3) is 0 Å². The second-order valence-corrected chi connectivity index (χ2v) is 4.25. The maximum atomic E-state index is 12.2. The zero-order valence-electron chi connectivity index (χ0n) is 7.57. The summed E-state index contributed by atoms with van der Waals surface area (Å²) in [4.78, 5) is 0. The van der Waals surface area contributed by atoms with Gasteiger partial charge in [0.05, 0.1) is 6.54 Å². The molecule has 0 aliphatic heterocycles. The highest BCUT2D eigenvalue weighted by Gasteiger charge is 2.33. The molecule has 0 bridgehead atoms. The molecule has 86 valence electrons. The predicted molar refractivity (Wildman–Crippen MR) is 51.3 cm³/mol. The molecule has 4 nitrogen and oxygen atoms in total. The van der Waals surface area contributed by atoms with E-state index < -0.39 is 11.9 Å². The molecule has 0 aliphatic rings. The van der Waals surface area contributed by atoms with Crippen LogP contribution in [0.3, 0.4) is 0 Å². The topological polar surface area (TPSA) is 43.6 Å². The zero-order chi connectivity index (χ0) is 11.8. The van der Waals surface area contributed by atoms with Crippen LogP contribution in [-0.2, 0) is 12.7 Å². The second kappa shape index (κ2) is 4.02. The van der Waals surface area contributed by atoms with Crippen molar-refractivity contribution in [2.45, 2.75) is 12.7 Å². The Labute approximate surface area is 96.8 Å². The standard InChI is InChI=1S/C7H4ClF3N4S/c8-6-4(12-14-16-6)3-15-2-1-5(13-15)7(9,10)11/h1-2H,3H2. The maximum absolute atomic E-state index is 12.2. The number of hydrogen-bond donors (Lipinski definition) is 0. The largest absolute Gasteiger partial charge is 0.435 e. The lowest BCUT2D eigenvalue weighted by Gasteiger charge is -2.01. The summed E-state index contributed by atoms with van der Waals surface area (Å²) in [5.74, 6) is 0. The van der Waals surface area contributed by atoms with E-state index in [-0.39, 0.29) is 6.54 Å². The van der Waals surface area contributed by atoms with Crippen LogP contribution in [0.2, 0.25) is 4.34 Å². The molecule has 2 heterocycles. The third-order valence-corrected chi connectivity index (χ3v) is 2.74. The van der Waals surface area contributed by atoms with Crippen molar-refractivity contribution in [1.82, 2.24) is 19.4 Å². The number of hydrogen-bond acceptors (Lipinski definition) is 4. The zero-order valence-corrected chi connectivity index (χ0v) is 9.14. The van der Waals surface area contributed by atoms with E-state index >= 15 is 0 Å². The van der Waals surface area contributed by atoms with Crippen molar-refractivity contribution in [1.29, 1.82) is 0 Å². The Morgan fingerprint density at radius 3 is 2.69 bits per heavy atom. The summed E-state index contributed by atoms with van der Waals surface area (Å²) >= 11 is 6.69. The number of rotatable bonds is 2. The Morgan fingerprint density at radius 1 is 1.44 bits per heavy atom. The molecular weight excluding hydrogens is 265 g/mol. The molecule has 0 aliphatic carbocycles. The molecule has 0 saturated carbocycles. The molecule has 2 aromatic heterocycles. The van der Waals surface area contributed by atoms with E-state index in [2.05, 4.69) is 14.7 Å². The first kappa shape index (κ1) is 11.3. The molecule has 0 saturated heterocycles. The van der Waals surface area contributed by atoms with Crippen molar-refractivity contribution in [3.8, 4) is 0 Å². The van der Waals surface area contributed by atoms with Crippen molar-refractivity contribution in [3.05, 3.63) is 28.0 Å². The minimum absolute atomic E-state index is 0.0748. The van der Waals surface area contributed by atoms with Gasteiger partial charge in [-0.05, 0) is 6.07 Å². The molecule has 0 N–H and O–H groups in total. The number of alkyl halides is 3. The van der Waals surface area contributed by atoms with Gasteiger partial charge in [0.25, 0.3) is 0 Å². The molecule has 2 aromatic rings. The van der Waals surface area contributed by atoms with Crippen molar-refractivity contribution in [3.63, 3.8) is 0 Å². The van der Waals surface area contributed by atoms with Crippen LogP contribution in [0.4, 0.5) is 13.2 Å². The van der Waals surface area contributed by atoms with Gasteiger partial charge >= 0.3 is 6.18 Å². The Morgan fingerprint density at radius 2 is 2.19 bits per heavy atom. The van der Waals surface area contributed by atoms with Gasteiger partial charge in [-0.2, -0.15) is 18.3 Å². The fourth-order valence-corrected chi connectivity index (χ4v) is 1.66. The molecule has 0 atom stereocenters. The molecule has 0 aromatic carbocycles. The Hall–Kier alpha value is -1.15. The van der Waals surface area contributed by atoms with E-state index in [1.807, 2.05) is 0 Å². The molecule has 0 fully saturated rings. The highest BCUT2D eigenvalue weighted by Crippen LogP contribution is 2.27.